The number of aromatic nitrogens is 2. The van der Waals surface area contributed by atoms with Gasteiger partial charge in [-0.25, -0.2) is 4.98 Å². The van der Waals surface area contributed by atoms with E-state index in [1.165, 1.54) is 12.8 Å². The first-order valence-corrected chi connectivity index (χ1v) is 6.79. The summed E-state index contributed by atoms with van der Waals surface area (Å²) in [7, 11) is 0. The Labute approximate surface area is 111 Å². The highest BCUT2D eigenvalue weighted by atomic mass is 16.3. The van der Waals surface area contributed by atoms with E-state index in [-0.39, 0.29) is 11.5 Å². The van der Waals surface area contributed by atoms with Crippen LogP contribution < -0.4 is 0 Å². The van der Waals surface area contributed by atoms with Crippen LogP contribution >= 0.6 is 0 Å². The Morgan fingerprint density at radius 2 is 2.11 bits per heavy atom. The van der Waals surface area contributed by atoms with E-state index in [9.17, 15) is 5.11 Å². The standard InChI is InChI=1S/C15H26N2O/c1-5-6-7-8-9-13(14(18)15(2,3)4)17-11-10-16-12-17/h8-14,18H,5-7H2,1-4H3/b9-8+. The summed E-state index contributed by atoms with van der Waals surface area (Å²) in [5, 5.41) is 10.5. The quantitative estimate of drug-likeness (QED) is 0.619. The number of imidazole rings is 1. The third-order valence-electron chi connectivity index (χ3n) is 3.14. The first-order chi connectivity index (χ1) is 8.46. The van der Waals surface area contributed by atoms with Gasteiger partial charge in [0.25, 0.3) is 0 Å². The molecule has 0 saturated heterocycles. The zero-order valence-electron chi connectivity index (χ0n) is 12.0. The van der Waals surface area contributed by atoms with E-state index in [1.807, 2.05) is 10.8 Å². The lowest BCUT2D eigenvalue weighted by Crippen LogP contribution is -2.34. The van der Waals surface area contributed by atoms with Crippen LogP contribution in [-0.4, -0.2) is 20.8 Å². The number of aliphatic hydroxyl groups is 1. The number of hydrogen-bond donors (Lipinski definition) is 1. The van der Waals surface area contributed by atoms with Gasteiger partial charge in [0, 0.05) is 12.4 Å². The Morgan fingerprint density at radius 1 is 1.39 bits per heavy atom. The molecule has 0 aromatic carbocycles. The lowest BCUT2D eigenvalue weighted by atomic mass is 9.84. The van der Waals surface area contributed by atoms with E-state index in [0.29, 0.717) is 0 Å². The van der Waals surface area contributed by atoms with Gasteiger partial charge in [-0.15, -0.1) is 0 Å². The van der Waals surface area contributed by atoms with Gasteiger partial charge in [0.2, 0.25) is 0 Å². The first-order valence-electron chi connectivity index (χ1n) is 6.79. The molecule has 0 spiro atoms. The molecule has 18 heavy (non-hydrogen) atoms. The summed E-state index contributed by atoms with van der Waals surface area (Å²) in [6.07, 6.45) is 12.7. The highest BCUT2D eigenvalue weighted by molar-refractivity contribution is 5.01. The maximum Gasteiger partial charge on any atom is 0.0952 e. The zero-order valence-corrected chi connectivity index (χ0v) is 12.0. The van der Waals surface area contributed by atoms with Crippen LogP contribution in [0.25, 0.3) is 0 Å². The van der Waals surface area contributed by atoms with Crippen LogP contribution in [0.2, 0.25) is 0 Å². The average molecular weight is 250 g/mol. The molecule has 0 bridgehead atoms. The molecule has 3 heteroatoms. The van der Waals surface area contributed by atoms with Crippen molar-refractivity contribution in [2.75, 3.05) is 0 Å². The van der Waals surface area contributed by atoms with Crippen LogP contribution in [0.5, 0.6) is 0 Å². The fourth-order valence-electron chi connectivity index (χ4n) is 1.88. The zero-order chi connectivity index (χ0) is 13.6. The predicted molar refractivity (Wildman–Crippen MR) is 75.4 cm³/mol. The number of allylic oxidation sites excluding steroid dienone is 1. The molecular formula is C15H26N2O. The van der Waals surface area contributed by atoms with Crippen LogP contribution in [0.1, 0.15) is 53.0 Å². The Balaban J connectivity index is 2.80. The molecule has 1 N–H and O–H groups in total. The second-order valence-electron chi connectivity index (χ2n) is 5.88. The van der Waals surface area contributed by atoms with Gasteiger partial charge in [-0.3, -0.25) is 0 Å². The second kappa shape index (κ2) is 6.74. The van der Waals surface area contributed by atoms with Crippen molar-refractivity contribution < 1.29 is 5.11 Å². The number of nitrogens with zero attached hydrogens (tertiary/aromatic N) is 2. The predicted octanol–water partition coefficient (Wildman–Crippen LogP) is 3.58. The molecule has 1 aromatic rings. The van der Waals surface area contributed by atoms with Gasteiger partial charge in [0.05, 0.1) is 18.5 Å². The molecule has 3 nitrogen and oxygen atoms in total. The van der Waals surface area contributed by atoms with Gasteiger partial charge in [-0.2, -0.15) is 0 Å². The normalized spacial score (nSPS) is 16.1. The van der Waals surface area contributed by atoms with Crippen molar-refractivity contribution in [3.8, 4) is 0 Å². The number of hydrogen-bond acceptors (Lipinski definition) is 2. The van der Waals surface area contributed by atoms with Crippen molar-refractivity contribution in [3.63, 3.8) is 0 Å². The molecule has 2 unspecified atom stereocenters. The van der Waals surface area contributed by atoms with Gasteiger partial charge in [-0.1, -0.05) is 52.7 Å². The third-order valence-corrected chi connectivity index (χ3v) is 3.14. The number of rotatable bonds is 6. The summed E-state index contributed by atoms with van der Waals surface area (Å²) >= 11 is 0. The van der Waals surface area contributed by atoms with Crippen LogP contribution in [0.4, 0.5) is 0 Å². The molecule has 0 fully saturated rings. The summed E-state index contributed by atoms with van der Waals surface area (Å²) in [6, 6.07) is -0.0376. The topological polar surface area (TPSA) is 38.0 Å². The molecule has 0 aliphatic carbocycles. The summed E-state index contributed by atoms with van der Waals surface area (Å²) in [5.74, 6) is 0. The van der Waals surface area contributed by atoms with E-state index >= 15 is 0 Å². The monoisotopic (exact) mass is 250 g/mol. The van der Waals surface area contributed by atoms with Crippen molar-refractivity contribution in [2.24, 2.45) is 5.41 Å². The SMILES string of the molecule is CCCC/C=C/C(C(O)C(C)(C)C)n1ccnc1. The van der Waals surface area contributed by atoms with Gasteiger partial charge in [0.1, 0.15) is 0 Å². The van der Waals surface area contributed by atoms with E-state index in [2.05, 4.69) is 44.8 Å². The lowest BCUT2D eigenvalue weighted by Gasteiger charge is -2.32. The highest BCUT2D eigenvalue weighted by Gasteiger charge is 2.29. The molecule has 0 saturated carbocycles. The fraction of sp³-hybridized carbons (Fsp3) is 0.667. The molecule has 0 radical (unpaired) electrons. The van der Waals surface area contributed by atoms with Crippen molar-refractivity contribution in [1.82, 2.24) is 9.55 Å². The van der Waals surface area contributed by atoms with E-state index in [4.69, 9.17) is 0 Å². The Hall–Kier alpha value is -1.09. The molecule has 0 amide bonds. The minimum absolute atomic E-state index is 0.0376. The minimum atomic E-state index is -0.426. The molecular weight excluding hydrogens is 224 g/mol. The van der Waals surface area contributed by atoms with E-state index in [0.717, 1.165) is 6.42 Å². The van der Waals surface area contributed by atoms with Crippen LogP contribution in [0, 0.1) is 5.41 Å². The van der Waals surface area contributed by atoms with Crippen molar-refractivity contribution in [2.45, 2.75) is 59.1 Å². The van der Waals surface area contributed by atoms with E-state index in [1.54, 1.807) is 12.5 Å². The molecule has 1 aromatic heterocycles. The third kappa shape index (κ3) is 4.30. The Morgan fingerprint density at radius 3 is 2.61 bits per heavy atom. The molecule has 2 atom stereocenters. The van der Waals surface area contributed by atoms with Crippen molar-refractivity contribution in [3.05, 3.63) is 30.9 Å². The Kier molecular flexibility index (Phi) is 5.60. The molecule has 0 aliphatic heterocycles. The fourth-order valence-corrected chi connectivity index (χ4v) is 1.88. The second-order valence-corrected chi connectivity index (χ2v) is 5.88. The molecule has 1 rings (SSSR count). The summed E-state index contributed by atoms with van der Waals surface area (Å²) < 4.78 is 1.97. The minimum Gasteiger partial charge on any atom is -0.390 e. The van der Waals surface area contributed by atoms with Gasteiger partial charge < -0.3 is 9.67 Å². The van der Waals surface area contributed by atoms with Gasteiger partial charge in [-0.05, 0) is 11.8 Å². The van der Waals surface area contributed by atoms with Crippen LogP contribution in [0.15, 0.2) is 30.9 Å². The molecule has 0 aliphatic rings. The van der Waals surface area contributed by atoms with Crippen molar-refractivity contribution in [1.29, 1.82) is 0 Å². The number of aliphatic hydroxyl groups excluding tert-OH is 1. The molecule has 102 valence electrons. The maximum absolute atomic E-state index is 10.5. The van der Waals surface area contributed by atoms with Gasteiger partial charge in [0.15, 0.2) is 0 Å². The van der Waals surface area contributed by atoms with E-state index < -0.39 is 6.10 Å². The van der Waals surface area contributed by atoms with Crippen molar-refractivity contribution >= 4 is 0 Å². The largest absolute Gasteiger partial charge is 0.390 e. The van der Waals surface area contributed by atoms with Crippen LogP contribution in [0.3, 0.4) is 0 Å². The summed E-state index contributed by atoms with van der Waals surface area (Å²) in [4.78, 5) is 4.07. The highest BCUT2D eigenvalue weighted by Crippen LogP contribution is 2.29. The lowest BCUT2D eigenvalue weighted by molar-refractivity contribution is 0.0320. The average Bonchev–Trinajstić information content (AvgIpc) is 2.80. The smallest absolute Gasteiger partial charge is 0.0952 e. The van der Waals surface area contributed by atoms with Crippen LogP contribution in [-0.2, 0) is 0 Å². The number of unbranched alkanes of at least 4 members (excludes halogenated alkanes) is 2. The summed E-state index contributed by atoms with van der Waals surface area (Å²) in [6.45, 7) is 8.36. The van der Waals surface area contributed by atoms with Gasteiger partial charge >= 0.3 is 0 Å². The molecule has 1 heterocycles. The Bertz CT molecular complexity index is 349. The maximum atomic E-state index is 10.5. The first kappa shape index (κ1) is 15.0. The summed E-state index contributed by atoms with van der Waals surface area (Å²) in [5.41, 5.74) is -0.149.